The maximum absolute atomic E-state index is 10.5. The lowest BCUT2D eigenvalue weighted by atomic mass is 9.46. The van der Waals surface area contributed by atoms with Gasteiger partial charge in [0.1, 0.15) is 0 Å². The molecule has 2 nitrogen and oxygen atoms in total. The number of allylic oxidation sites excluding steroid dienone is 3. The van der Waals surface area contributed by atoms with Crippen molar-refractivity contribution in [1.82, 2.24) is 0 Å². The van der Waals surface area contributed by atoms with E-state index in [0.717, 1.165) is 30.1 Å². The number of hydrogen-bond donors (Lipinski definition) is 2. The summed E-state index contributed by atoms with van der Waals surface area (Å²) >= 11 is 0. The second-order valence-electron chi connectivity index (χ2n) is 12.0. The number of hydrogen-bond acceptors (Lipinski definition) is 2. The Hall–Kier alpha value is -0.600. The summed E-state index contributed by atoms with van der Waals surface area (Å²) in [7, 11) is 0. The number of aliphatic hydroxyl groups is 2. The van der Waals surface area contributed by atoms with Crippen molar-refractivity contribution in [3.05, 3.63) is 23.3 Å². The molecule has 0 unspecified atom stereocenters. The summed E-state index contributed by atoms with van der Waals surface area (Å²) in [6, 6.07) is 0. The molecule has 0 aromatic heterocycles. The molecule has 2 heteroatoms. The van der Waals surface area contributed by atoms with Gasteiger partial charge in [-0.3, -0.25) is 0 Å². The highest BCUT2D eigenvalue weighted by Crippen LogP contribution is 2.67. The number of fused-ring (bicyclic) bond motifs is 5. The zero-order chi connectivity index (χ0) is 21.7. The first-order valence-corrected chi connectivity index (χ1v) is 12.9. The van der Waals surface area contributed by atoms with Crippen molar-refractivity contribution in [2.45, 2.75) is 111 Å². The van der Waals surface area contributed by atoms with Crippen molar-refractivity contribution in [1.29, 1.82) is 0 Å². The van der Waals surface area contributed by atoms with Crippen LogP contribution in [0.15, 0.2) is 23.3 Å². The van der Waals surface area contributed by atoms with E-state index in [2.05, 4.69) is 46.8 Å². The molecule has 4 rings (SSSR count). The highest BCUT2D eigenvalue weighted by Gasteiger charge is 2.59. The fraction of sp³-hybridized carbons (Fsp3) is 0.857. The summed E-state index contributed by atoms with van der Waals surface area (Å²) in [5.74, 6) is 4.00. The van der Waals surface area contributed by atoms with Gasteiger partial charge >= 0.3 is 0 Å². The molecule has 0 amide bonds. The lowest BCUT2D eigenvalue weighted by molar-refractivity contribution is -0.0888. The first-order valence-electron chi connectivity index (χ1n) is 12.9. The number of aliphatic hydroxyl groups excluding tert-OH is 2. The molecular formula is C28H46O2. The Morgan fingerprint density at radius 1 is 1.17 bits per heavy atom. The van der Waals surface area contributed by atoms with Gasteiger partial charge in [-0.1, -0.05) is 51.0 Å². The number of rotatable bonds is 5. The van der Waals surface area contributed by atoms with E-state index in [-0.39, 0.29) is 5.41 Å². The summed E-state index contributed by atoms with van der Waals surface area (Å²) in [4.78, 5) is 0. The Kier molecular flexibility index (Phi) is 6.32. The fourth-order valence-electron chi connectivity index (χ4n) is 8.60. The van der Waals surface area contributed by atoms with Gasteiger partial charge < -0.3 is 10.2 Å². The largest absolute Gasteiger partial charge is 0.390 e. The van der Waals surface area contributed by atoms with Crippen molar-refractivity contribution in [2.75, 3.05) is 0 Å². The van der Waals surface area contributed by atoms with Gasteiger partial charge in [-0.05, 0) is 112 Å². The Labute approximate surface area is 185 Å². The first-order chi connectivity index (χ1) is 14.2. The van der Waals surface area contributed by atoms with Crippen LogP contribution in [-0.4, -0.2) is 22.4 Å². The summed E-state index contributed by atoms with van der Waals surface area (Å²) in [6.45, 7) is 12.1. The van der Waals surface area contributed by atoms with Crippen molar-refractivity contribution < 1.29 is 10.2 Å². The third-order valence-corrected chi connectivity index (χ3v) is 10.6. The van der Waals surface area contributed by atoms with Crippen LogP contribution in [0.5, 0.6) is 0 Å². The second kappa shape index (κ2) is 8.39. The van der Waals surface area contributed by atoms with Gasteiger partial charge in [0.2, 0.25) is 0 Å². The van der Waals surface area contributed by atoms with Gasteiger partial charge in [0.15, 0.2) is 0 Å². The van der Waals surface area contributed by atoms with E-state index >= 15 is 0 Å². The maximum atomic E-state index is 10.5. The van der Waals surface area contributed by atoms with E-state index in [1.165, 1.54) is 62.5 Å². The monoisotopic (exact) mass is 414 g/mol. The highest BCUT2D eigenvalue weighted by atomic mass is 16.3. The molecule has 9 atom stereocenters. The van der Waals surface area contributed by atoms with E-state index in [9.17, 15) is 10.2 Å². The topological polar surface area (TPSA) is 40.5 Å². The molecule has 0 aromatic rings. The maximum Gasteiger partial charge on any atom is 0.0836 e. The third kappa shape index (κ3) is 3.64. The Balaban J connectivity index is 1.50. The molecule has 0 radical (unpaired) electrons. The van der Waals surface area contributed by atoms with Crippen LogP contribution in [0.1, 0.15) is 98.8 Å². The highest BCUT2D eigenvalue weighted by molar-refractivity contribution is 5.26. The summed E-state index contributed by atoms with van der Waals surface area (Å²) < 4.78 is 0. The normalized spacial score (nSPS) is 47.2. The quantitative estimate of drug-likeness (QED) is 0.493. The predicted octanol–water partition coefficient (Wildman–Crippen LogP) is 6.67. The van der Waals surface area contributed by atoms with Crippen molar-refractivity contribution in [3.63, 3.8) is 0 Å². The Bertz CT molecular complexity index is 693. The molecule has 3 fully saturated rings. The van der Waals surface area contributed by atoms with E-state index in [0.29, 0.717) is 17.8 Å². The van der Waals surface area contributed by atoms with Gasteiger partial charge in [-0.25, -0.2) is 0 Å². The predicted molar refractivity (Wildman–Crippen MR) is 125 cm³/mol. The third-order valence-electron chi connectivity index (χ3n) is 10.6. The second-order valence-corrected chi connectivity index (χ2v) is 12.0. The SMILES string of the molecule is CCC(C)=CCC[C@@H](C)[C@H]1CC[C@H]2[C@@H]3CC=C4C[C@@H](O)[C@H](O)C[C@]4(C)[C@H]3CC[C@]12C. The molecule has 0 saturated heterocycles. The molecule has 4 aliphatic carbocycles. The average molecular weight is 415 g/mol. The fourth-order valence-corrected chi connectivity index (χ4v) is 8.60. The van der Waals surface area contributed by atoms with Gasteiger partial charge in [0.25, 0.3) is 0 Å². The molecule has 0 heterocycles. The average Bonchev–Trinajstić information content (AvgIpc) is 3.06. The van der Waals surface area contributed by atoms with E-state index in [4.69, 9.17) is 0 Å². The smallest absolute Gasteiger partial charge is 0.0836 e. The molecule has 0 spiro atoms. The van der Waals surface area contributed by atoms with Crippen LogP contribution in [0.2, 0.25) is 0 Å². The molecular weight excluding hydrogens is 368 g/mol. The summed E-state index contributed by atoms with van der Waals surface area (Å²) in [5.41, 5.74) is 3.59. The van der Waals surface area contributed by atoms with Crippen LogP contribution >= 0.6 is 0 Å². The van der Waals surface area contributed by atoms with Crippen LogP contribution in [0.3, 0.4) is 0 Å². The van der Waals surface area contributed by atoms with Crippen LogP contribution in [0.4, 0.5) is 0 Å². The molecule has 30 heavy (non-hydrogen) atoms. The van der Waals surface area contributed by atoms with Gasteiger partial charge in [0, 0.05) is 0 Å². The van der Waals surface area contributed by atoms with Crippen LogP contribution in [0.25, 0.3) is 0 Å². The summed E-state index contributed by atoms with van der Waals surface area (Å²) in [6.07, 6.45) is 15.8. The van der Waals surface area contributed by atoms with Gasteiger partial charge in [0.05, 0.1) is 12.2 Å². The van der Waals surface area contributed by atoms with E-state index in [1.807, 2.05) is 0 Å². The van der Waals surface area contributed by atoms with Gasteiger partial charge in [-0.2, -0.15) is 0 Å². The molecule has 0 aliphatic heterocycles. The molecule has 0 bridgehead atoms. The van der Waals surface area contributed by atoms with Crippen molar-refractivity contribution >= 4 is 0 Å². The van der Waals surface area contributed by atoms with Crippen LogP contribution < -0.4 is 0 Å². The Morgan fingerprint density at radius 3 is 2.67 bits per heavy atom. The molecule has 4 aliphatic rings. The van der Waals surface area contributed by atoms with Crippen LogP contribution in [-0.2, 0) is 0 Å². The molecule has 3 saturated carbocycles. The van der Waals surface area contributed by atoms with E-state index in [1.54, 1.807) is 0 Å². The minimum absolute atomic E-state index is 0.106. The van der Waals surface area contributed by atoms with Crippen LogP contribution in [0, 0.1) is 40.4 Å². The first kappa shape index (κ1) is 22.6. The minimum Gasteiger partial charge on any atom is -0.390 e. The van der Waals surface area contributed by atoms with Crippen molar-refractivity contribution in [2.24, 2.45) is 40.4 Å². The standard InChI is InChI=1S/C28H46O2/c1-6-18(2)8-7-9-19(3)22-12-13-23-21-11-10-20-16-25(29)26(30)17-28(20,5)24(21)14-15-27(22,23)4/h8,10,19,21-26,29-30H,6-7,9,11-17H2,1-5H3/t19-,21+,22-,23+,24+,25-,26-,27-,28+/m1/s1. The minimum atomic E-state index is -0.558. The summed E-state index contributed by atoms with van der Waals surface area (Å²) in [5, 5.41) is 20.7. The zero-order valence-corrected chi connectivity index (χ0v) is 20.2. The van der Waals surface area contributed by atoms with Crippen molar-refractivity contribution in [3.8, 4) is 0 Å². The zero-order valence-electron chi connectivity index (χ0n) is 20.2. The molecule has 0 aromatic carbocycles. The molecule has 170 valence electrons. The van der Waals surface area contributed by atoms with Gasteiger partial charge in [-0.15, -0.1) is 0 Å². The molecule has 2 N–H and O–H groups in total. The van der Waals surface area contributed by atoms with E-state index < -0.39 is 12.2 Å². The lowest BCUT2D eigenvalue weighted by Gasteiger charge is -2.59. The Morgan fingerprint density at radius 2 is 1.93 bits per heavy atom. The lowest BCUT2D eigenvalue weighted by Crippen LogP contribution is -2.53.